The molecule has 0 spiro atoms. The summed E-state index contributed by atoms with van der Waals surface area (Å²) in [5.41, 5.74) is 0.420. The van der Waals surface area contributed by atoms with Crippen LogP contribution >= 0.6 is 0 Å². The number of carboxylic acid groups (broad SMARTS) is 1. The summed E-state index contributed by atoms with van der Waals surface area (Å²) >= 11 is 0. The predicted octanol–water partition coefficient (Wildman–Crippen LogP) is 2.44. The van der Waals surface area contributed by atoms with Gasteiger partial charge in [-0.15, -0.1) is 0 Å². The highest BCUT2D eigenvalue weighted by Gasteiger charge is 2.31. The number of ether oxygens (including phenoxy) is 1. The van der Waals surface area contributed by atoms with E-state index < -0.39 is 16.9 Å². The van der Waals surface area contributed by atoms with Gasteiger partial charge in [-0.1, -0.05) is 0 Å². The average Bonchev–Trinajstić information content (AvgIpc) is 2.86. The van der Waals surface area contributed by atoms with Gasteiger partial charge >= 0.3 is 5.97 Å². The van der Waals surface area contributed by atoms with E-state index in [-0.39, 0.29) is 11.8 Å². The van der Waals surface area contributed by atoms with Crippen LogP contribution < -0.4 is 9.64 Å². The Hall–Kier alpha value is -2.31. The summed E-state index contributed by atoms with van der Waals surface area (Å²) in [5.74, 6) is -0.532. The fourth-order valence-electron chi connectivity index (χ4n) is 2.51. The zero-order valence-electron chi connectivity index (χ0n) is 12.0. The molecule has 21 heavy (non-hydrogen) atoms. The van der Waals surface area contributed by atoms with E-state index in [1.54, 1.807) is 11.0 Å². The van der Waals surface area contributed by atoms with Crippen molar-refractivity contribution in [1.29, 1.82) is 0 Å². The minimum absolute atomic E-state index is 0.0980. The molecular weight excluding hydrogens is 276 g/mol. The number of non-ortho nitro benzene ring substituents is 1. The number of hydrogen-bond donors (Lipinski definition) is 1. The van der Waals surface area contributed by atoms with Crippen LogP contribution in [0, 0.1) is 10.1 Å². The highest BCUT2D eigenvalue weighted by atomic mass is 16.6. The van der Waals surface area contributed by atoms with Crippen LogP contribution in [0.1, 0.15) is 26.7 Å². The van der Waals surface area contributed by atoms with Crippen LogP contribution in [0.4, 0.5) is 11.4 Å². The fourth-order valence-corrected chi connectivity index (χ4v) is 2.51. The van der Waals surface area contributed by atoms with Crippen LogP contribution in [-0.2, 0) is 4.79 Å². The first-order chi connectivity index (χ1) is 9.88. The van der Waals surface area contributed by atoms with Gasteiger partial charge in [-0.3, -0.25) is 10.1 Å². The lowest BCUT2D eigenvalue weighted by molar-refractivity contribution is -0.384. The van der Waals surface area contributed by atoms with Crippen LogP contribution in [0.25, 0.3) is 0 Å². The molecule has 0 bridgehead atoms. The third-order valence-corrected chi connectivity index (χ3v) is 3.33. The fraction of sp³-hybridized carbons (Fsp3) is 0.500. The lowest BCUT2D eigenvalue weighted by Crippen LogP contribution is -2.35. The highest BCUT2D eigenvalue weighted by molar-refractivity contribution is 5.79. The van der Waals surface area contributed by atoms with Crippen molar-refractivity contribution in [2.24, 2.45) is 0 Å². The van der Waals surface area contributed by atoms with Crippen molar-refractivity contribution >= 4 is 17.3 Å². The quantitative estimate of drug-likeness (QED) is 0.662. The first-order valence-electron chi connectivity index (χ1n) is 6.84. The number of rotatable bonds is 5. The molecule has 1 aliphatic rings. The molecule has 7 nitrogen and oxygen atoms in total. The van der Waals surface area contributed by atoms with Crippen molar-refractivity contribution in [2.45, 2.75) is 38.8 Å². The second-order valence-electron chi connectivity index (χ2n) is 5.30. The van der Waals surface area contributed by atoms with E-state index in [4.69, 9.17) is 4.74 Å². The summed E-state index contributed by atoms with van der Waals surface area (Å²) in [6.07, 6.45) is 1.17. The number of aliphatic carboxylic acids is 1. The van der Waals surface area contributed by atoms with Crippen molar-refractivity contribution in [1.82, 2.24) is 0 Å². The van der Waals surface area contributed by atoms with Crippen LogP contribution in [0.5, 0.6) is 5.75 Å². The first-order valence-corrected chi connectivity index (χ1v) is 6.84. The van der Waals surface area contributed by atoms with E-state index in [0.29, 0.717) is 24.4 Å². The lowest BCUT2D eigenvalue weighted by atomic mass is 10.2. The second kappa shape index (κ2) is 5.99. The molecule has 7 heteroatoms. The number of carboxylic acids is 1. The molecule has 1 fully saturated rings. The Morgan fingerprint density at radius 2 is 2.19 bits per heavy atom. The molecule has 0 saturated carbocycles. The smallest absolute Gasteiger partial charge is 0.326 e. The van der Waals surface area contributed by atoms with E-state index in [9.17, 15) is 20.0 Å². The average molecular weight is 294 g/mol. The SMILES string of the molecule is CC(C)Oc1cc(N2CCCC2C(=O)O)cc([N+](=O)[O-])c1. The summed E-state index contributed by atoms with van der Waals surface area (Å²) in [6.45, 7) is 4.22. The van der Waals surface area contributed by atoms with Gasteiger partial charge in [0.1, 0.15) is 11.8 Å². The van der Waals surface area contributed by atoms with Gasteiger partial charge in [-0.2, -0.15) is 0 Å². The maximum Gasteiger partial charge on any atom is 0.326 e. The van der Waals surface area contributed by atoms with Crippen LogP contribution in [0.15, 0.2) is 18.2 Å². The summed E-state index contributed by atoms with van der Waals surface area (Å²) < 4.78 is 5.52. The van der Waals surface area contributed by atoms with Crippen LogP contribution in [0.3, 0.4) is 0 Å². The molecule has 1 N–H and O–H groups in total. The Morgan fingerprint density at radius 3 is 2.76 bits per heavy atom. The van der Waals surface area contributed by atoms with Crippen molar-refractivity contribution < 1.29 is 19.6 Å². The molecule has 2 rings (SSSR count). The summed E-state index contributed by atoms with van der Waals surface area (Å²) in [5, 5.41) is 20.3. The standard InChI is InChI=1S/C14H18N2O5/c1-9(2)21-12-7-10(6-11(8-12)16(19)20)15-5-3-4-13(15)14(17)18/h6-9,13H,3-5H2,1-2H3,(H,17,18). The van der Waals surface area contributed by atoms with Gasteiger partial charge in [0.25, 0.3) is 5.69 Å². The number of nitro groups is 1. The second-order valence-corrected chi connectivity index (χ2v) is 5.30. The van der Waals surface area contributed by atoms with Crippen molar-refractivity contribution in [3.63, 3.8) is 0 Å². The Kier molecular flexibility index (Phi) is 4.30. The molecule has 1 aromatic rings. The van der Waals surface area contributed by atoms with Gasteiger partial charge in [0.15, 0.2) is 0 Å². The summed E-state index contributed by atoms with van der Waals surface area (Å²) in [7, 11) is 0. The predicted molar refractivity (Wildman–Crippen MR) is 76.9 cm³/mol. The molecular formula is C14H18N2O5. The number of carbonyl (C=O) groups is 1. The van der Waals surface area contributed by atoms with E-state index in [0.717, 1.165) is 6.42 Å². The molecule has 1 atom stereocenters. The molecule has 114 valence electrons. The van der Waals surface area contributed by atoms with E-state index >= 15 is 0 Å². The van der Waals surface area contributed by atoms with Crippen molar-refractivity contribution in [2.75, 3.05) is 11.4 Å². The van der Waals surface area contributed by atoms with Gasteiger partial charge in [-0.05, 0) is 26.7 Å². The Morgan fingerprint density at radius 1 is 1.48 bits per heavy atom. The molecule has 0 aliphatic carbocycles. The molecule has 1 saturated heterocycles. The Labute approximate surface area is 122 Å². The third-order valence-electron chi connectivity index (χ3n) is 3.33. The van der Waals surface area contributed by atoms with Gasteiger partial charge in [0.05, 0.1) is 17.1 Å². The van der Waals surface area contributed by atoms with Gasteiger partial charge in [0, 0.05) is 24.4 Å². The van der Waals surface area contributed by atoms with Crippen molar-refractivity contribution in [3.05, 3.63) is 28.3 Å². The summed E-state index contributed by atoms with van der Waals surface area (Å²) in [6, 6.07) is 3.77. The van der Waals surface area contributed by atoms with Gasteiger partial charge in [0.2, 0.25) is 0 Å². The number of anilines is 1. The van der Waals surface area contributed by atoms with Crippen molar-refractivity contribution in [3.8, 4) is 5.75 Å². The molecule has 0 aromatic heterocycles. The molecule has 0 amide bonds. The van der Waals surface area contributed by atoms with E-state index in [1.165, 1.54) is 12.1 Å². The number of nitrogens with zero attached hydrogens (tertiary/aromatic N) is 2. The highest BCUT2D eigenvalue weighted by Crippen LogP contribution is 2.33. The zero-order chi connectivity index (χ0) is 15.6. The normalized spacial score (nSPS) is 18.0. The Bertz CT molecular complexity index is 558. The molecule has 1 aliphatic heterocycles. The van der Waals surface area contributed by atoms with Crippen LogP contribution in [-0.4, -0.2) is 34.7 Å². The minimum atomic E-state index is -0.912. The molecule has 1 aromatic carbocycles. The largest absolute Gasteiger partial charge is 0.491 e. The van der Waals surface area contributed by atoms with E-state index in [1.807, 2.05) is 13.8 Å². The molecule has 1 unspecified atom stereocenters. The van der Waals surface area contributed by atoms with E-state index in [2.05, 4.69) is 0 Å². The minimum Gasteiger partial charge on any atom is -0.491 e. The lowest BCUT2D eigenvalue weighted by Gasteiger charge is -2.24. The number of nitro benzene ring substituents is 1. The summed E-state index contributed by atoms with van der Waals surface area (Å²) in [4.78, 5) is 23.5. The Balaban J connectivity index is 2.39. The monoisotopic (exact) mass is 294 g/mol. The van der Waals surface area contributed by atoms with Gasteiger partial charge in [-0.25, -0.2) is 4.79 Å². The van der Waals surface area contributed by atoms with Crippen LogP contribution in [0.2, 0.25) is 0 Å². The number of benzene rings is 1. The third kappa shape index (κ3) is 3.42. The maximum absolute atomic E-state index is 11.3. The zero-order valence-corrected chi connectivity index (χ0v) is 12.0. The topological polar surface area (TPSA) is 92.9 Å². The molecule has 1 heterocycles. The first kappa shape index (κ1) is 15.1. The van der Waals surface area contributed by atoms with Gasteiger partial charge < -0.3 is 14.7 Å². The number of hydrogen-bond acceptors (Lipinski definition) is 5. The molecule has 0 radical (unpaired) electrons. The maximum atomic E-state index is 11.3.